The first-order chi connectivity index (χ1) is 12.3. The first-order valence-corrected chi connectivity index (χ1v) is 8.43. The number of benzene rings is 2. The van der Waals surface area contributed by atoms with Gasteiger partial charge in [-0.15, -0.1) is 0 Å². The molecule has 2 N–H and O–H groups in total. The van der Waals surface area contributed by atoms with Crippen molar-refractivity contribution < 1.29 is 19.4 Å². The van der Waals surface area contributed by atoms with Crippen LogP contribution in [0.5, 0.6) is 5.75 Å². The van der Waals surface area contributed by atoms with Crippen molar-refractivity contribution in [3.8, 4) is 5.75 Å². The molecule has 0 bridgehead atoms. The number of carbonyl (C=O) groups is 2. The van der Waals surface area contributed by atoms with E-state index >= 15 is 0 Å². The van der Waals surface area contributed by atoms with Crippen LogP contribution < -0.4 is 15.0 Å². The molecule has 0 aliphatic rings. The van der Waals surface area contributed by atoms with E-state index in [1.165, 1.54) is 12.1 Å². The minimum atomic E-state index is -1.06. The van der Waals surface area contributed by atoms with Gasteiger partial charge in [-0.2, -0.15) is 0 Å². The van der Waals surface area contributed by atoms with Gasteiger partial charge in [-0.3, -0.25) is 4.79 Å². The van der Waals surface area contributed by atoms with Crippen LogP contribution in [0.25, 0.3) is 0 Å². The van der Waals surface area contributed by atoms with Crippen molar-refractivity contribution in [3.05, 3.63) is 53.1 Å². The van der Waals surface area contributed by atoms with Gasteiger partial charge in [-0.1, -0.05) is 6.92 Å². The molecule has 0 aromatic heterocycles. The quantitative estimate of drug-likeness (QED) is 0.789. The van der Waals surface area contributed by atoms with E-state index in [-0.39, 0.29) is 11.5 Å². The van der Waals surface area contributed by atoms with Crippen LogP contribution in [0.1, 0.15) is 39.6 Å². The fourth-order valence-electron chi connectivity index (χ4n) is 2.59. The van der Waals surface area contributed by atoms with Crippen LogP contribution in [-0.4, -0.2) is 37.7 Å². The molecule has 0 aliphatic heterocycles. The molecule has 1 amide bonds. The van der Waals surface area contributed by atoms with Crippen molar-refractivity contribution in [3.63, 3.8) is 0 Å². The molecule has 0 unspecified atom stereocenters. The Balaban J connectivity index is 2.30. The Hall–Kier alpha value is -3.02. The third-order valence-electron chi connectivity index (χ3n) is 3.88. The highest BCUT2D eigenvalue weighted by Gasteiger charge is 2.14. The summed E-state index contributed by atoms with van der Waals surface area (Å²) < 4.78 is 5.62. The number of aromatic carboxylic acids is 1. The van der Waals surface area contributed by atoms with Gasteiger partial charge in [-0.25, -0.2) is 4.79 Å². The van der Waals surface area contributed by atoms with Gasteiger partial charge in [-0.05, 0) is 55.3 Å². The largest absolute Gasteiger partial charge is 0.491 e. The van der Waals surface area contributed by atoms with Crippen LogP contribution in [0.15, 0.2) is 36.4 Å². The second-order valence-electron chi connectivity index (χ2n) is 6.21. The summed E-state index contributed by atoms with van der Waals surface area (Å²) in [5.41, 5.74) is 2.93. The van der Waals surface area contributed by atoms with E-state index in [0.717, 1.165) is 17.7 Å². The zero-order chi connectivity index (χ0) is 19.3. The zero-order valence-corrected chi connectivity index (χ0v) is 15.5. The third-order valence-corrected chi connectivity index (χ3v) is 3.88. The lowest BCUT2D eigenvalue weighted by Crippen LogP contribution is -2.15. The average Bonchev–Trinajstić information content (AvgIpc) is 2.59. The Morgan fingerprint density at radius 3 is 2.38 bits per heavy atom. The zero-order valence-electron chi connectivity index (χ0n) is 15.5. The molecule has 0 heterocycles. The summed E-state index contributed by atoms with van der Waals surface area (Å²) in [6.45, 7) is 4.39. The third kappa shape index (κ3) is 4.53. The normalized spacial score (nSPS) is 10.3. The lowest BCUT2D eigenvalue weighted by Gasteiger charge is -2.17. The molecular weight excluding hydrogens is 332 g/mol. The molecule has 2 rings (SSSR count). The summed E-state index contributed by atoms with van der Waals surface area (Å²) in [7, 11) is 3.88. The molecule has 6 heteroatoms. The molecule has 0 atom stereocenters. The van der Waals surface area contributed by atoms with E-state index in [9.17, 15) is 14.7 Å². The maximum absolute atomic E-state index is 12.6. The molecule has 0 aliphatic carbocycles. The lowest BCUT2D eigenvalue weighted by molar-refractivity contribution is 0.0696. The fourth-order valence-corrected chi connectivity index (χ4v) is 2.59. The monoisotopic (exact) mass is 356 g/mol. The number of aryl methyl sites for hydroxylation is 1. The van der Waals surface area contributed by atoms with Crippen LogP contribution in [0, 0.1) is 6.92 Å². The average molecular weight is 356 g/mol. The maximum atomic E-state index is 12.6. The number of carbonyl (C=O) groups excluding carboxylic acids is 1. The summed E-state index contributed by atoms with van der Waals surface area (Å²) in [5, 5.41) is 12.0. The smallest absolute Gasteiger partial charge is 0.335 e. The second kappa shape index (κ2) is 8.38. The molecule has 0 radical (unpaired) electrons. The number of nitrogens with one attached hydrogen (secondary N) is 1. The Morgan fingerprint density at radius 2 is 1.81 bits per heavy atom. The van der Waals surface area contributed by atoms with E-state index in [2.05, 4.69) is 5.32 Å². The topological polar surface area (TPSA) is 78.9 Å². The Labute approximate surface area is 153 Å². The number of rotatable bonds is 7. The van der Waals surface area contributed by atoms with Crippen molar-refractivity contribution in [2.24, 2.45) is 0 Å². The molecule has 138 valence electrons. The van der Waals surface area contributed by atoms with Gasteiger partial charge in [0.25, 0.3) is 5.91 Å². The predicted molar refractivity (Wildman–Crippen MR) is 103 cm³/mol. The van der Waals surface area contributed by atoms with Crippen LogP contribution in [0.2, 0.25) is 0 Å². The predicted octanol–water partition coefficient (Wildman–Crippen LogP) is 3.80. The highest BCUT2D eigenvalue weighted by atomic mass is 16.5. The number of hydrogen-bond donors (Lipinski definition) is 2. The maximum Gasteiger partial charge on any atom is 0.335 e. The molecule has 0 spiro atoms. The van der Waals surface area contributed by atoms with Gasteiger partial charge in [0.15, 0.2) is 0 Å². The van der Waals surface area contributed by atoms with Crippen molar-refractivity contribution in [1.82, 2.24) is 0 Å². The van der Waals surface area contributed by atoms with E-state index < -0.39 is 5.97 Å². The number of ether oxygens (including phenoxy) is 1. The highest BCUT2D eigenvalue weighted by Crippen LogP contribution is 2.27. The van der Waals surface area contributed by atoms with Crippen LogP contribution in [-0.2, 0) is 0 Å². The molecule has 2 aromatic rings. The van der Waals surface area contributed by atoms with Gasteiger partial charge < -0.3 is 20.1 Å². The summed E-state index contributed by atoms with van der Waals surface area (Å²) >= 11 is 0. The molecular formula is C20H24N2O4. The molecule has 2 aromatic carbocycles. The number of anilines is 2. The van der Waals surface area contributed by atoms with Gasteiger partial charge >= 0.3 is 5.97 Å². The fraction of sp³-hybridized carbons (Fsp3) is 0.300. The Bertz CT molecular complexity index is 815. The number of nitrogens with zero attached hydrogens (tertiary/aromatic N) is 1. The van der Waals surface area contributed by atoms with Crippen LogP contribution in [0.3, 0.4) is 0 Å². The van der Waals surface area contributed by atoms with E-state index in [0.29, 0.717) is 23.6 Å². The Kier molecular flexibility index (Phi) is 6.22. The first kappa shape index (κ1) is 19.3. The number of hydrogen-bond acceptors (Lipinski definition) is 4. The highest BCUT2D eigenvalue weighted by molar-refractivity contribution is 6.06. The molecule has 0 saturated carbocycles. The lowest BCUT2D eigenvalue weighted by atomic mass is 10.1. The van der Waals surface area contributed by atoms with Crippen molar-refractivity contribution >= 4 is 23.3 Å². The molecule has 26 heavy (non-hydrogen) atoms. The minimum Gasteiger partial charge on any atom is -0.491 e. The molecule has 0 saturated heterocycles. The summed E-state index contributed by atoms with van der Waals surface area (Å²) in [5.74, 6) is -0.928. The number of carboxylic acid groups (broad SMARTS) is 1. The summed E-state index contributed by atoms with van der Waals surface area (Å²) in [6.07, 6.45) is 0.805. The molecule has 6 nitrogen and oxygen atoms in total. The second-order valence-corrected chi connectivity index (χ2v) is 6.21. The van der Waals surface area contributed by atoms with Crippen LogP contribution in [0.4, 0.5) is 11.4 Å². The van der Waals surface area contributed by atoms with E-state index in [1.54, 1.807) is 18.2 Å². The minimum absolute atomic E-state index is 0.0864. The van der Waals surface area contributed by atoms with Gasteiger partial charge in [0.05, 0.1) is 17.9 Å². The van der Waals surface area contributed by atoms with Gasteiger partial charge in [0.1, 0.15) is 5.75 Å². The Morgan fingerprint density at radius 1 is 1.12 bits per heavy atom. The first-order valence-electron chi connectivity index (χ1n) is 8.43. The van der Waals surface area contributed by atoms with E-state index in [4.69, 9.17) is 4.74 Å². The van der Waals surface area contributed by atoms with Gasteiger partial charge in [0.2, 0.25) is 0 Å². The van der Waals surface area contributed by atoms with Crippen LogP contribution >= 0.6 is 0 Å². The van der Waals surface area contributed by atoms with Crippen molar-refractivity contribution in [1.29, 1.82) is 0 Å². The SMILES string of the molecule is CCCOc1ccc(C(=O)O)cc1NC(=O)c1ccc(N(C)C)c(C)c1. The van der Waals surface area contributed by atoms with Crippen molar-refractivity contribution in [2.45, 2.75) is 20.3 Å². The number of carboxylic acids is 1. The van der Waals surface area contributed by atoms with Gasteiger partial charge in [0, 0.05) is 25.3 Å². The summed E-state index contributed by atoms with van der Waals surface area (Å²) in [6, 6.07) is 9.86. The number of amides is 1. The molecule has 0 fully saturated rings. The van der Waals surface area contributed by atoms with E-state index in [1.807, 2.05) is 38.9 Å². The summed E-state index contributed by atoms with van der Waals surface area (Å²) in [4.78, 5) is 25.8. The standard InChI is InChI=1S/C20H24N2O4/c1-5-10-26-18-9-7-15(20(24)25)12-16(18)21-19(23)14-6-8-17(22(3)4)13(2)11-14/h6-9,11-12H,5,10H2,1-4H3,(H,21,23)(H,24,25). The van der Waals surface area contributed by atoms with Crippen molar-refractivity contribution in [2.75, 3.05) is 30.9 Å².